The van der Waals surface area contributed by atoms with E-state index in [0.29, 0.717) is 6.54 Å². The van der Waals surface area contributed by atoms with Crippen LogP contribution in [0.2, 0.25) is 0 Å². The van der Waals surface area contributed by atoms with Crippen LogP contribution in [-0.4, -0.2) is 50.7 Å². The predicted octanol–water partition coefficient (Wildman–Crippen LogP) is 3.32. The van der Waals surface area contributed by atoms with Gasteiger partial charge in [0.2, 0.25) is 0 Å². The van der Waals surface area contributed by atoms with Crippen LogP contribution in [0.5, 0.6) is 0 Å². The van der Waals surface area contributed by atoms with E-state index < -0.39 is 30.1 Å². The summed E-state index contributed by atoms with van der Waals surface area (Å²) in [7, 11) is 0. The summed E-state index contributed by atoms with van der Waals surface area (Å²) in [5.41, 5.74) is 1.71. The third-order valence-electron chi connectivity index (χ3n) is 5.68. The number of aromatic nitrogens is 1. The lowest BCUT2D eigenvalue weighted by Crippen LogP contribution is -2.50. The van der Waals surface area contributed by atoms with Crippen LogP contribution in [0.3, 0.4) is 0 Å². The molecule has 4 rings (SSSR count). The van der Waals surface area contributed by atoms with E-state index in [2.05, 4.69) is 26.2 Å². The molecule has 4 unspecified atom stereocenters. The summed E-state index contributed by atoms with van der Waals surface area (Å²) >= 11 is 4.88. The van der Waals surface area contributed by atoms with Crippen molar-refractivity contribution in [3.8, 4) is 0 Å². The van der Waals surface area contributed by atoms with Gasteiger partial charge >= 0.3 is 0 Å². The van der Waals surface area contributed by atoms with Gasteiger partial charge in [-0.15, -0.1) is 11.3 Å². The molecule has 2 aromatic carbocycles. The number of thiazole rings is 1. The van der Waals surface area contributed by atoms with E-state index in [1.165, 1.54) is 16.2 Å². The molecule has 7 nitrogen and oxygen atoms in total. The molecule has 3 N–H and O–H groups in total. The molecule has 1 aliphatic rings. The number of aliphatic hydroxyl groups excluding tert-OH is 2. The van der Waals surface area contributed by atoms with Gasteiger partial charge in [0.05, 0.1) is 22.3 Å². The number of nitrogens with one attached hydrogen (secondary N) is 1. The number of benzene rings is 2. The summed E-state index contributed by atoms with van der Waals surface area (Å²) in [5.74, 6) is -1.46. The smallest absolute Gasteiger partial charge is 0.255 e. The van der Waals surface area contributed by atoms with Crippen molar-refractivity contribution in [2.45, 2.75) is 44.1 Å². The first-order valence-corrected chi connectivity index (χ1v) is 12.0. The van der Waals surface area contributed by atoms with Crippen LogP contribution in [-0.2, 0) is 9.59 Å². The van der Waals surface area contributed by atoms with Gasteiger partial charge in [-0.3, -0.25) is 9.59 Å². The van der Waals surface area contributed by atoms with Crippen molar-refractivity contribution in [2.75, 3.05) is 6.54 Å². The Bertz CT molecular complexity index is 1090. The van der Waals surface area contributed by atoms with Crippen LogP contribution in [0, 0.1) is 0 Å². The number of halogens is 1. The number of amides is 2. The number of rotatable bonds is 6. The lowest BCUT2D eigenvalue weighted by molar-refractivity contribution is -0.154. The maximum Gasteiger partial charge on any atom is 0.255 e. The first-order valence-electron chi connectivity index (χ1n) is 10.4. The molecule has 0 spiro atoms. The van der Waals surface area contributed by atoms with Crippen molar-refractivity contribution >= 4 is 49.3 Å². The summed E-state index contributed by atoms with van der Waals surface area (Å²) in [6, 6.07) is 14.5. The molecule has 168 valence electrons. The molecule has 4 atom stereocenters. The summed E-state index contributed by atoms with van der Waals surface area (Å²) in [5, 5.41) is 24.4. The van der Waals surface area contributed by atoms with E-state index >= 15 is 0 Å². The Morgan fingerprint density at radius 3 is 2.59 bits per heavy atom. The molecule has 0 radical (unpaired) electrons. The number of hydrogen-bond acceptors (Lipinski definition) is 6. The first-order chi connectivity index (χ1) is 15.3. The molecule has 1 aromatic heterocycles. The standard InChI is InChI=1S/C23H24BrN3O4S/c1-13(14-8-10-15(24)11-9-14)25-21(30)19(28)20(29)23(31)27-12-4-6-17(27)22-26-16-5-2-3-7-18(16)32-22/h2-3,5,7-11,13,17,19-20,28-29H,4,6,12H2,1H3,(H,25,30). The number of fused-ring (bicyclic) bond motifs is 1. The van der Waals surface area contributed by atoms with Gasteiger partial charge in [0.1, 0.15) is 5.01 Å². The summed E-state index contributed by atoms with van der Waals surface area (Å²) in [4.78, 5) is 31.7. The van der Waals surface area contributed by atoms with Crippen molar-refractivity contribution in [3.05, 3.63) is 63.6 Å². The monoisotopic (exact) mass is 517 g/mol. The average Bonchev–Trinajstić information content (AvgIpc) is 3.44. The van der Waals surface area contributed by atoms with Crippen molar-refractivity contribution < 1.29 is 19.8 Å². The minimum atomic E-state index is -1.86. The zero-order valence-corrected chi connectivity index (χ0v) is 19.8. The largest absolute Gasteiger partial charge is 0.380 e. The van der Waals surface area contributed by atoms with E-state index in [0.717, 1.165) is 38.1 Å². The molecule has 1 aliphatic heterocycles. The number of nitrogens with zero attached hydrogens (tertiary/aromatic N) is 2. The number of carbonyl (C=O) groups excluding carboxylic acids is 2. The lowest BCUT2D eigenvalue weighted by atomic mass is 10.1. The van der Waals surface area contributed by atoms with E-state index in [-0.39, 0.29) is 6.04 Å². The van der Waals surface area contributed by atoms with Crippen LogP contribution < -0.4 is 5.32 Å². The Morgan fingerprint density at radius 2 is 1.88 bits per heavy atom. The molecule has 32 heavy (non-hydrogen) atoms. The van der Waals surface area contributed by atoms with Gasteiger partial charge in [-0.05, 0) is 49.6 Å². The number of hydrogen-bond donors (Lipinski definition) is 3. The molecule has 0 bridgehead atoms. The number of aliphatic hydroxyl groups is 2. The van der Waals surface area contributed by atoms with E-state index in [1.807, 2.05) is 48.5 Å². The fourth-order valence-electron chi connectivity index (χ4n) is 3.90. The highest BCUT2D eigenvalue weighted by Gasteiger charge is 2.39. The first kappa shape index (κ1) is 22.8. The van der Waals surface area contributed by atoms with Gasteiger partial charge in [-0.25, -0.2) is 4.98 Å². The van der Waals surface area contributed by atoms with Crippen molar-refractivity contribution in [1.29, 1.82) is 0 Å². The average molecular weight is 518 g/mol. The minimum absolute atomic E-state index is 0.272. The zero-order chi connectivity index (χ0) is 22.8. The molecule has 3 aromatic rings. The Labute approximate surface area is 198 Å². The quantitative estimate of drug-likeness (QED) is 0.465. The highest BCUT2D eigenvalue weighted by atomic mass is 79.9. The molecular formula is C23H24BrN3O4S. The Balaban J connectivity index is 1.43. The van der Waals surface area contributed by atoms with Crippen LogP contribution >= 0.6 is 27.3 Å². The predicted molar refractivity (Wildman–Crippen MR) is 126 cm³/mol. The fourth-order valence-corrected chi connectivity index (χ4v) is 5.28. The SMILES string of the molecule is CC(NC(=O)C(O)C(O)C(=O)N1CCCC1c1nc2ccccc2s1)c1ccc(Br)cc1. The second-order valence-corrected chi connectivity index (χ2v) is 9.86. The normalized spacial score (nSPS) is 19.0. The van der Waals surface area contributed by atoms with Gasteiger partial charge in [0.15, 0.2) is 12.2 Å². The highest BCUT2D eigenvalue weighted by Crippen LogP contribution is 2.36. The van der Waals surface area contributed by atoms with Gasteiger partial charge in [-0.1, -0.05) is 40.2 Å². The fraction of sp³-hybridized carbons (Fsp3) is 0.348. The number of para-hydroxylation sites is 1. The topological polar surface area (TPSA) is 103 Å². The highest BCUT2D eigenvalue weighted by molar-refractivity contribution is 9.10. The maximum absolute atomic E-state index is 13.0. The Morgan fingerprint density at radius 1 is 1.16 bits per heavy atom. The molecule has 1 saturated heterocycles. The second-order valence-electron chi connectivity index (χ2n) is 7.88. The van der Waals surface area contributed by atoms with E-state index in [4.69, 9.17) is 0 Å². The molecule has 0 aliphatic carbocycles. The minimum Gasteiger partial charge on any atom is -0.380 e. The van der Waals surface area contributed by atoms with Crippen LogP contribution in [0.4, 0.5) is 0 Å². The van der Waals surface area contributed by atoms with Crippen molar-refractivity contribution in [1.82, 2.24) is 15.2 Å². The lowest BCUT2D eigenvalue weighted by Gasteiger charge is -2.27. The van der Waals surface area contributed by atoms with Gasteiger partial charge < -0.3 is 20.4 Å². The second kappa shape index (κ2) is 9.66. The van der Waals surface area contributed by atoms with E-state index in [1.54, 1.807) is 6.92 Å². The van der Waals surface area contributed by atoms with Gasteiger partial charge in [-0.2, -0.15) is 0 Å². The Hall–Kier alpha value is -2.33. The Kier molecular flexibility index (Phi) is 6.90. The molecule has 1 fully saturated rings. The van der Waals surface area contributed by atoms with E-state index in [9.17, 15) is 19.8 Å². The third-order valence-corrected chi connectivity index (χ3v) is 7.35. The summed E-state index contributed by atoms with van der Waals surface area (Å²) in [6.45, 7) is 2.21. The molecule has 2 amide bonds. The number of carbonyl (C=O) groups is 2. The van der Waals surface area contributed by atoms with Crippen molar-refractivity contribution in [2.24, 2.45) is 0 Å². The molecular weight excluding hydrogens is 494 g/mol. The van der Waals surface area contributed by atoms with Crippen molar-refractivity contribution in [3.63, 3.8) is 0 Å². The molecule has 0 saturated carbocycles. The van der Waals surface area contributed by atoms with Crippen LogP contribution in [0.15, 0.2) is 53.0 Å². The third kappa shape index (κ3) is 4.71. The summed E-state index contributed by atoms with van der Waals surface area (Å²) < 4.78 is 1.94. The maximum atomic E-state index is 13.0. The molecule has 9 heteroatoms. The zero-order valence-electron chi connectivity index (χ0n) is 17.4. The molecule has 2 heterocycles. The van der Waals surface area contributed by atoms with Crippen LogP contribution in [0.1, 0.15) is 42.4 Å². The van der Waals surface area contributed by atoms with Gasteiger partial charge in [0.25, 0.3) is 11.8 Å². The van der Waals surface area contributed by atoms with Gasteiger partial charge in [0, 0.05) is 11.0 Å². The number of likely N-dealkylation sites (tertiary alicyclic amines) is 1. The van der Waals surface area contributed by atoms with Crippen LogP contribution in [0.25, 0.3) is 10.2 Å². The summed E-state index contributed by atoms with van der Waals surface area (Å²) in [6.07, 6.45) is -2.22.